The Bertz CT molecular complexity index is 269. The number of unbranched alkanes of at least 4 members (excludes halogenated alkanes) is 2. The number of pyridine rings is 1. The van der Waals surface area contributed by atoms with Gasteiger partial charge in [-0.3, -0.25) is 9.78 Å². The number of ketones is 1. The predicted molar refractivity (Wildman–Crippen MR) is 57.1 cm³/mol. The van der Waals surface area contributed by atoms with Crippen molar-refractivity contribution >= 4 is 5.78 Å². The van der Waals surface area contributed by atoms with Crippen molar-refractivity contribution in [3.8, 4) is 0 Å². The van der Waals surface area contributed by atoms with E-state index in [2.05, 4.69) is 11.9 Å². The molecular weight excluding hydrogens is 174 g/mol. The second kappa shape index (κ2) is 6.30. The molecule has 14 heavy (non-hydrogen) atoms. The van der Waals surface area contributed by atoms with Crippen LogP contribution in [0.2, 0.25) is 0 Å². The van der Waals surface area contributed by atoms with Gasteiger partial charge < -0.3 is 0 Å². The molecule has 0 bridgehead atoms. The number of nitrogens with zero attached hydrogens (tertiary/aromatic N) is 1. The fourth-order valence-electron chi connectivity index (χ4n) is 1.37. The van der Waals surface area contributed by atoms with E-state index >= 15 is 0 Å². The molecule has 0 spiro atoms. The highest BCUT2D eigenvalue weighted by molar-refractivity contribution is 5.80. The van der Waals surface area contributed by atoms with Crippen LogP contribution in [0.1, 0.15) is 38.3 Å². The van der Waals surface area contributed by atoms with Gasteiger partial charge in [0.1, 0.15) is 5.78 Å². The molecule has 0 atom stereocenters. The van der Waals surface area contributed by atoms with E-state index in [1.165, 1.54) is 0 Å². The minimum absolute atomic E-state index is 0.303. The van der Waals surface area contributed by atoms with Crippen molar-refractivity contribution in [1.82, 2.24) is 4.98 Å². The topological polar surface area (TPSA) is 30.0 Å². The summed E-state index contributed by atoms with van der Waals surface area (Å²) in [4.78, 5) is 15.6. The Hall–Kier alpha value is -1.18. The maximum Gasteiger partial charge on any atom is 0.138 e. The van der Waals surface area contributed by atoms with Gasteiger partial charge in [0.05, 0.1) is 0 Å². The number of aromatic nitrogens is 1. The molecule has 1 aromatic rings. The second-order valence-corrected chi connectivity index (χ2v) is 3.49. The summed E-state index contributed by atoms with van der Waals surface area (Å²) in [7, 11) is 0. The van der Waals surface area contributed by atoms with E-state index < -0.39 is 0 Å². The van der Waals surface area contributed by atoms with E-state index in [1.807, 2.05) is 18.2 Å². The first-order valence-electron chi connectivity index (χ1n) is 5.24. The molecule has 0 unspecified atom stereocenters. The zero-order valence-corrected chi connectivity index (χ0v) is 8.70. The van der Waals surface area contributed by atoms with Crippen molar-refractivity contribution in [1.29, 1.82) is 0 Å². The molecule has 0 aliphatic heterocycles. The molecule has 0 aliphatic carbocycles. The van der Waals surface area contributed by atoms with E-state index in [1.54, 1.807) is 6.20 Å². The van der Waals surface area contributed by atoms with Crippen LogP contribution < -0.4 is 0 Å². The maximum absolute atomic E-state index is 11.4. The van der Waals surface area contributed by atoms with Gasteiger partial charge in [-0.1, -0.05) is 25.8 Å². The Morgan fingerprint density at radius 2 is 2.21 bits per heavy atom. The van der Waals surface area contributed by atoms with Crippen LogP contribution in [0.4, 0.5) is 0 Å². The lowest BCUT2D eigenvalue weighted by Crippen LogP contribution is -2.03. The van der Waals surface area contributed by atoms with E-state index in [4.69, 9.17) is 0 Å². The van der Waals surface area contributed by atoms with Gasteiger partial charge in [-0.25, -0.2) is 0 Å². The number of carbonyl (C=O) groups excluding carboxylic acids is 1. The fourth-order valence-corrected chi connectivity index (χ4v) is 1.37. The largest absolute Gasteiger partial charge is 0.299 e. The standard InChI is InChI=1S/C12H17NO/c1-2-3-4-8-12(14)10-11-7-5-6-9-13-11/h5-7,9H,2-4,8,10H2,1H3. The van der Waals surface area contributed by atoms with Crippen molar-refractivity contribution in [2.24, 2.45) is 0 Å². The summed E-state index contributed by atoms with van der Waals surface area (Å²) in [6.07, 6.45) is 6.25. The molecule has 0 radical (unpaired) electrons. The summed E-state index contributed by atoms with van der Waals surface area (Å²) < 4.78 is 0. The molecule has 0 N–H and O–H groups in total. The molecule has 76 valence electrons. The number of carbonyl (C=O) groups is 1. The van der Waals surface area contributed by atoms with Crippen LogP contribution in [0.25, 0.3) is 0 Å². The molecule has 1 rings (SSSR count). The van der Waals surface area contributed by atoms with Crippen molar-refractivity contribution in [2.45, 2.75) is 39.0 Å². The van der Waals surface area contributed by atoms with Crippen LogP contribution in [0, 0.1) is 0 Å². The average molecular weight is 191 g/mol. The third-order valence-electron chi connectivity index (χ3n) is 2.16. The fraction of sp³-hybridized carbons (Fsp3) is 0.500. The molecule has 0 amide bonds. The highest BCUT2D eigenvalue weighted by Gasteiger charge is 2.03. The van der Waals surface area contributed by atoms with Crippen LogP contribution in [0.15, 0.2) is 24.4 Å². The number of hydrogen-bond acceptors (Lipinski definition) is 2. The summed E-state index contributed by atoms with van der Waals surface area (Å²) in [5.41, 5.74) is 0.883. The molecule has 0 saturated carbocycles. The van der Waals surface area contributed by atoms with E-state index in [9.17, 15) is 4.79 Å². The van der Waals surface area contributed by atoms with E-state index in [0.717, 1.165) is 25.0 Å². The van der Waals surface area contributed by atoms with Crippen LogP contribution in [-0.4, -0.2) is 10.8 Å². The SMILES string of the molecule is CCCCCC(=O)Cc1ccccn1. The number of Topliss-reactive ketones (excluding diaryl/α,β-unsaturated/α-hetero) is 1. The zero-order chi connectivity index (χ0) is 10.2. The lowest BCUT2D eigenvalue weighted by atomic mass is 10.1. The van der Waals surface area contributed by atoms with Crippen LogP contribution in [0.3, 0.4) is 0 Å². The highest BCUT2D eigenvalue weighted by Crippen LogP contribution is 2.03. The molecular formula is C12H17NO. The molecule has 0 saturated heterocycles. The zero-order valence-electron chi connectivity index (χ0n) is 8.70. The van der Waals surface area contributed by atoms with Gasteiger partial charge in [0.25, 0.3) is 0 Å². The lowest BCUT2D eigenvalue weighted by Gasteiger charge is -1.99. The first-order valence-corrected chi connectivity index (χ1v) is 5.24. The molecule has 1 heterocycles. The third kappa shape index (κ3) is 4.17. The number of hydrogen-bond donors (Lipinski definition) is 0. The first kappa shape index (κ1) is 10.9. The monoisotopic (exact) mass is 191 g/mol. The Kier molecular flexibility index (Phi) is 4.90. The average Bonchev–Trinajstić information content (AvgIpc) is 2.20. The van der Waals surface area contributed by atoms with Crippen molar-refractivity contribution in [2.75, 3.05) is 0 Å². The first-order chi connectivity index (χ1) is 6.83. The Morgan fingerprint density at radius 3 is 2.86 bits per heavy atom. The normalized spacial score (nSPS) is 10.1. The minimum atomic E-state index is 0.303. The molecule has 0 aromatic carbocycles. The van der Waals surface area contributed by atoms with E-state index in [-0.39, 0.29) is 0 Å². The van der Waals surface area contributed by atoms with Gasteiger partial charge in [0, 0.05) is 24.7 Å². The van der Waals surface area contributed by atoms with E-state index in [0.29, 0.717) is 18.6 Å². The summed E-state index contributed by atoms with van der Waals surface area (Å²) >= 11 is 0. The predicted octanol–water partition coefficient (Wildman–Crippen LogP) is 2.77. The number of rotatable bonds is 6. The minimum Gasteiger partial charge on any atom is -0.299 e. The summed E-state index contributed by atoms with van der Waals surface area (Å²) in [5, 5.41) is 0. The van der Waals surface area contributed by atoms with Gasteiger partial charge in [-0.05, 0) is 18.6 Å². The molecule has 2 nitrogen and oxygen atoms in total. The molecule has 0 fully saturated rings. The quantitative estimate of drug-likeness (QED) is 0.647. The summed E-state index contributed by atoms with van der Waals surface area (Å²) in [6.45, 7) is 2.14. The van der Waals surface area contributed by atoms with Crippen LogP contribution >= 0.6 is 0 Å². The summed E-state index contributed by atoms with van der Waals surface area (Å²) in [5.74, 6) is 0.303. The van der Waals surface area contributed by atoms with Gasteiger partial charge in [-0.15, -0.1) is 0 Å². The van der Waals surface area contributed by atoms with Crippen LogP contribution in [0.5, 0.6) is 0 Å². The van der Waals surface area contributed by atoms with Gasteiger partial charge in [-0.2, -0.15) is 0 Å². The van der Waals surface area contributed by atoms with Crippen molar-refractivity contribution in [3.05, 3.63) is 30.1 Å². The smallest absolute Gasteiger partial charge is 0.138 e. The summed E-state index contributed by atoms with van der Waals surface area (Å²) in [6, 6.07) is 5.68. The van der Waals surface area contributed by atoms with Gasteiger partial charge >= 0.3 is 0 Å². The Balaban J connectivity index is 2.27. The Morgan fingerprint density at radius 1 is 1.36 bits per heavy atom. The lowest BCUT2D eigenvalue weighted by molar-refractivity contribution is -0.118. The molecule has 1 aromatic heterocycles. The second-order valence-electron chi connectivity index (χ2n) is 3.49. The van der Waals surface area contributed by atoms with Crippen molar-refractivity contribution in [3.63, 3.8) is 0 Å². The van der Waals surface area contributed by atoms with Crippen LogP contribution in [-0.2, 0) is 11.2 Å². The Labute approximate surface area is 85.4 Å². The molecule has 2 heteroatoms. The van der Waals surface area contributed by atoms with Crippen molar-refractivity contribution < 1.29 is 4.79 Å². The molecule has 0 aliphatic rings. The third-order valence-corrected chi connectivity index (χ3v) is 2.16. The van der Waals surface area contributed by atoms with Gasteiger partial charge in [0.2, 0.25) is 0 Å². The highest BCUT2D eigenvalue weighted by atomic mass is 16.1. The maximum atomic E-state index is 11.4. The van der Waals surface area contributed by atoms with Gasteiger partial charge in [0.15, 0.2) is 0 Å².